The second kappa shape index (κ2) is 11.5. The summed E-state index contributed by atoms with van der Waals surface area (Å²) in [7, 11) is 3.30. The third kappa shape index (κ3) is 5.52. The van der Waals surface area contributed by atoms with Crippen molar-refractivity contribution < 1.29 is 9.47 Å². The normalized spacial score (nSPS) is 11.9. The molecule has 1 N–H and O–H groups in total. The number of ether oxygens (including phenoxy) is 2. The highest BCUT2D eigenvalue weighted by Gasteiger charge is 2.36. The van der Waals surface area contributed by atoms with Crippen LogP contribution >= 0.6 is 0 Å². The largest absolute Gasteiger partial charge is 0.347 e. The number of nitrogens with one attached hydrogen (secondary N) is 1. The summed E-state index contributed by atoms with van der Waals surface area (Å²) in [4.78, 5) is 4.90. The number of hydrogen-bond acceptors (Lipinski definition) is 7. The van der Waals surface area contributed by atoms with Gasteiger partial charge in [0.05, 0.1) is 6.54 Å². The quantitative estimate of drug-likeness (QED) is 0.279. The van der Waals surface area contributed by atoms with E-state index in [9.17, 15) is 0 Å². The summed E-state index contributed by atoms with van der Waals surface area (Å²) >= 11 is 0. The topological polar surface area (TPSA) is 104 Å². The van der Waals surface area contributed by atoms with Gasteiger partial charge in [-0.2, -0.15) is 5.21 Å². The zero-order valence-corrected chi connectivity index (χ0v) is 21.7. The van der Waals surface area contributed by atoms with E-state index >= 15 is 0 Å². The molecule has 0 aliphatic carbocycles. The van der Waals surface area contributed by atoms with E-state index < -0.39 is 5.79 Å². The van der Waals surface area contributed by atoms with Crippen molar-refractivity contribution in [1.82, 2.24) is 35.4 Å². The van der Waals surface area contributed by atoms with Crippen LogP contribution in [0, 0.1) is 5.92 Å². The molecule has 0 atom stereocenters. The van der Waals surface area contributed by atoms with Gasteiger partial charge in [0, 0.05) is 32.6 Å². The lowest BCUT2D eigenvalue weighted by Crippen LogP contribution is -2.32. The van der Waals surface area contributed by atoms with Gasteiger partial charge in [0.15, 0.2) is 0 Å². The van der Waals surface area contributed by atoms with Crippen LogP contribution in [-0.2, 0) is 28.2 Å². The van der Waals surface area contributed by atoms with Crippen molar-refractivity contribution in [3.8, 4) is 22.5 Å². The van der Waals surface area contributed by atoms with E-state index in [0.717, 1.165) is 47.3 Å². The van der Waals surface area contributed by atoms with Gasteiger partial charge in [0.25, 0.3) is 0 Å². The van der Waals surface area contributed by atoms with E-state index in [1.165, 1.54) is 0 Å². The van der Waals surface area contributed by atoms with Crippen molar-refractivity contribution >= 4 is 0 Å². The zero-order valence-electron chi connectivity index (χ0n) is 21.7. The maximum atomic E-state index is 5.79. The number of rotatable bonds is 12. The molecule has 4 rings (SSSR count). The molecule has 0 aliphatic rings. The molecule has 0 bridgehead atoms. The zero-order chi connectivity index (χ0) is 25.5. The highest BCUT2D eigenvalue weighted by atomic mass is 16.7. The highest BCUT2D eigenvalue weighted by Crippen LogP contribution is 2.31. The van der Waals surface area contributed by atoms with E-state index in [2.05, 4.69) is 71.7 Å². The Bertz CT molecular complexity index is 1230. The van der Waals surface area contributed by atoms with Crippen LogP contribution in [0.2, 0.25) is 0 Å². The molecule has 2 heterocycles. The molecular formula is C27H35N7O2. The summed E-state index contributed by atoms with van der Waals surface area (Å²) in [5.41, 5.74) is 4.20. The van der Waals surface area contributed by atoms with Crippen LogP contribution in [0.25, 0.3) is 22.5 Å². The minimum absolute atomic E-state index is 0.572. The third-order valence-electron chi connectivity index (χ3n) is 6.38. The second-order valence-corrected chi connectivity index (χ2v) is 9.33. The molecule has 9 nitrogen and oxygen atoms in total. The summed E-state index contributed by atoms with van der Waals surface area (Å²) in [6, 6.07) is 16.5. The Balaban J connectivity index is 1.62. The second-order valence-electron chi connectivity index (χ2n) is 9.33. The lowest BCUT2D eigenvalue weighted by molar-refractivity contribution is -0.225. The van der Waals surface area contributed by atoms with E-state index in [-0.39, 0.29) is 0 Å². The maximum Gasteiger partial charge on any atom is 0.231 e. The molecule has 0 unspecified atom stereocenters. The first-order chi connectivity index (χ1) is 17.5. The smallest absolute Gasteiger partial charge is 0.231 e. The van der Waals surface area contributed by atoms with Gasteiger partial charge in [0.1, 0.15) is 5.82 Å². The molecule has 2 aromatic heterocycles. The number of tetrazole rings is 1. The number of hydrogen-bond donors (Lipinski definition) is 1. The molecule has 0 amide bonds. The molecule has 4 aromatic rings. The summed E-state index contributed by atoms with van der Waals surface area (Å²) in [6.45, 7) is 7.15. The van der Waals surface area contributed by atoms with E-state index in [1.807, 2.05) is 22.9 Å². The van der Waals surface area contributed by atoms with Crippen molar-refractivity contribution in [2.75, 3.05) is 14.2 Å². The predicted molar refractivity (Wildman–Crippen MR) is 138 cm³/mol. The predicted octanol–water partition coefficient (Wildman–Crippen LogP) is 5.01. The number of aryl methyl sites for hydroxylation is 1. The first-order valence-corrected chi connectivity index (χ1v) is 12.5. The first-order valence-electron chi connectivity index (χ1n) is 12.5. The van der Waals surface area contributed by atoms with E-state index in [0.29, 0.717) is 30.5 Å². The molecular weight excluding hydrogens is 454 g/mol. The van der Waals surface area contributed by atoms with Crippen molar-refractivity contribution in [3.05, 3.63) is 65.7 Å². The average Bonchev–Trinajstić information content (AvgIpc) is 3.57. The number of benzene rings is 2. The van der Waals surface area contributed by atoms with Gasteiger partial charge in [-0.05, 0) is 34.2 Å². The fourth-order valence-corrected chi connectivity index (χ4v) is 4.34. The number of H-pyrrole nitrogens is 1. The van der Waals surface area contributed by atoms with E-state index in [1.54, 1.807) is 14.2 Å². The van der Waals surface area contributed by atoms with Gasteiger partial charge in [-0.3, -0.25) is 0 Å². The molecule has 0 saturated heterocycles. The summed E-state index contributed by atoms with van der Waals surface area (Å²) < 4.78 is 13.6. The van der Waals surface area contributed by atoms with Crippen molar-refractivity contribution in [3.63, 3.8) is 0 Å². The number of methoxy groups -OCH3 is 2. The monoisotopic (exact) mass is 489 g/mol. The van der Waals surface area contributed by atoms with E-state index in [4.69, 9.17) is 19.6 Å². The maximum absolute atomic E-state index is 5.79. The molecule has 9 heteroatoms. The van der Waals surface area contributed by atoms with Gasteiger partial charge < -0.3 is 9.47 Å². The fourth-order valence-electron chi connectivity index (χ4n) is 4.34. The molecule has 2 aromatic carbocycles. The minimum atomic E-state index is -0.935. The Hall–Kier alpha value is -3.43. The van der Waals surface area contributed by atoms with Crippen molar-refractivity contribution in [1.29, 1.82) is 0 Å². The third-order valence-corrected chi connectivity index (χ3v) is 6.38. The Morgan fingerprint density at radius 1 is 1.00 bits per heavy atom. The number of aromatic amines is 1. The highest BCUT2D eigenvalue weighted by molar-refractivity contribution is 5.80. The summed E-state index contributed by atoms with van der Waals surface area (Å²) in [5, 5.41) is 19.4. The number of nitrogens with zero attached hydrogens (tertiary/aromatic N) is 6. The molecule has 0 aliphatic heterocycles. The van der Waals surface area contributed by atoms with Crippen LogP contribution in [0.15, 0.2) is 48.5 Å². The standard InChI is InChI=1S/C27H35N7O2/c1-6-17-27(35-4,36-5)26-28-24(16-11-19(2)3)34(31-26)18-20-12-14-21(15-13-20)22-9-7-8-10-23(22)25-29-32-33-30-25/h7-10,12-15,19H,6,11,16-18H2,1-5H3,(H,29,30,32,33). The number of aromatic nitrogens is 7. The van der Waals surface area contributed by atoms with Crippen LogP contribution in [0.1, 0.15) is 57.2 Å². The average molecular weight is 490 g/mol. The summed E-state index contributed by atoms with van der Waals surface area (Å²) in [5.74, 6) is 1.74. The van der Waals surface area contributed by atoms with Gasteiger partial charge in [-0.15, -0.1) is 15.3 Å². The fraction of sp³-hybridized carbons (Fsp3) is 0.444. The lowest BCUT2D eigenvalue weighted by Gasteiger charge is -2.27. The first kappa shape index (κ1) is 25.7. The Morgan fingerprint density at radius 2 is 1.72 bits per heavy atom. The van der Waals surface area contributed by atoms with Crippen LogP contribution < -0.4 is 0 Å². The molecule has 36 heavy (non-hydrogen) atoms. The Kier molecular flexibility index (Phi) is 8.22. The molecule has 0 radical (unpaired) electrons. The van der Waals surface area contributed by atoms with Gasteiger partial charge >= 0.3 is 0 Å². The minimum Gasteiger partial charge on any atom is -0.347 e. The summed E-state index contributed by atoms with van der Waals surface area (Å²) in [6.07, 6.45) is 3.45. The van der Waals surface area contributed by atoms with Crippen LogP contribution in [-0.4, -0.2) is 49.6 Å². The van der Waals surface area contributed by atoms with Crippen LogP contribution in [0.3, 0.4) is 0 Å². The molecule has 0 spiro atoms. The van der Waals surface area contributed by atoms with Crippen molar-refractivity contribution in [2.24, 2.45) is 5.92 Å². The molecule has 0 fully saturated rings. The van der Waals surface area contributed by atoms with Crippen LogP contribution in [0.5, 0.6) is 0 Å². The van der Waals surface area contributed by atoms with Gasteiger partial charge in [0.2, 0.25) is 17.4 Å². The molecule has 190 valence electrons. The Labute approximate surface area is 212 Å². The van der Waals surface area contributed by atoms with Gasteiger partial charge in [-0.25, -0.2) is 9.67 Å². The van der Waals surface area contributed by atoms with Crippen LogP contribution in [0.4, 0.5) is 0 Å². The van der Waals surface area contributed by atoms with Crippen molar-refractivity contribution in [2.45, 2.75) is 58.8 Å². The molecule has 0 saturated carbocycles. The van der Waals surface area contributed by atoms with Gasteiger partial charge in [-0.1, -0.05) is 75.7 Å². The Morgan fingerprint density at radius 3 is 2.33 bits per heavy atom. The lowest BCUT2D eigenvalue weighted by atomic mass is 9.98. The SMILES string of the molecule is CCCC(OC)(OC)c1nc(CCC(C)C)n(Cc2ccc(-c3ccccc3-c3nn[nH]n3)cc2)n1.